The number of carbonyl (C=O) groups excluding carboxylic acids is 5. The van der Waals surface area contributed by atoms with Gasteiger partial charge in [-0.1, -0.05) is 38.7 Å². The summed E-state index contributed by atoms with van der Waals surface area (Å²) in [6.45, 7) is 10.8. The number of alkyl halides is 2. The van der Waals surface area contributed by atoms with Crippen LogP contribution in [0.25, 0.3) is 0 Å². The Morgan fingerprint density at radius 2 is 1.75 bits per heavy atom. The van der Waals surface area contributed by atoms with Crippen LogP contribution in [0.2, 0.25) is 0 Å². The van der Waals surface area contributed by atoms with Gasteiger partial charge < -0.3 is 25.6 Å². The molecule has 224 valence electrons. The number of halogens is 2. The Morgan fingerprint density at radius 1 is 1.10 bits per heavy atom. The van der Waals surface area contributed by atoms with Gasteiger partial charge in [-0.3, -0.25) is 19.2 Å². The molecule has 4 amide bonds. The molecule has 3 rings (SSSR count). The van der Waals surface area contributed by atoms with Gasteiger partial charge >= 0.3 is 6.09 Å². The fraction of sp³-hybridized carbons (Fsp3) is 0.750. The fourth-order valence-corrected chi connectivity index (χ4v) is 6.65. The highest BCUT2D eigenvalue weighted by molar-refractivity contribution is 6.51. The molecule has 3 fully saturated rings. The predicted octanol–water partition coefficient (Wildman–Crippen LogP) is 3.25. The van der Waals surface area contributed by atoms with E-state index >= 15 is 0 Å². The molecule has 3 N–H and O–H groups in total. The van der Waals surface area contributed by atoms with Gasteiger partial charge in [-0.25, -0.2) is 4.79 Å². The van der Waals surface area contributed by atoms with Gasteiger partial charge in [0.15, 0.2) is 0 Å². The molecule has 2 aliphatic carbocycles. The fourth-order valence-electron chi connectivity index (χ4n) is 5.82. The number of ketones is 1. The minimum Gasteiger partial charge on any atom is -0.444 e. The Labute approximate surface area is 246 Å². The second-order valence-corrected chi connectivity index (χ2v) is 13.4. The molecule has 3 aliphatic rings. The summed E-state index contributed by atoms with van der Waals surface area (Å²) in [5.41, 5.74) is -0.752. The van der Waals surface area contributed by atoms with Crippen molar-refractivity contribution >= 4 is 52.8 Å². The van der Waals surface area contributed by atoms with Gasteiger partial charge in [-0.2, -0.15) is 0 Å². The SMILES string of the molecule is C=CCNC(=O)C(=O)C(CCC)NC(=O)[C@@H]1[C@H]2[C@@H](CN1C(=O)C(NC(=O)OC(C)(C)C)C1CCCCC1)C2(Cl)Cl. The molecule has 0 aromatic heterocycles. The first-order chi connectivity index (χ1) is 18.7. The van der Waals surface area contributed by atoms with Gasteiger partial charge in [0.1, 0.15) is 22.0 Å². The van der Waals surface area contributed by atoms with Crippen LogP contribution in [0.5, 0.6) is 0 Å². The Morgan fingerprint density at radius 3 is 2.33 bits per heavy atom. The summed E-state index contributed by atoms with van der Waals surface area (Å²) < 4.78 is 4.25. The summed E-state index contributed by atoms with van der Waals surface area (Å²) in [7, 11) is 0. The standard InChI is InChI=1S/C28H42Cl2N4O6/c1-6-11-18(22(35)24(37)31-14-7-2)32-23(36)21-19-17(28(19,29)30)15-34(21)25(38)20(16-12-9-8-10-13-16)33-26(39)40-27(3,4)5/h7,16-21H,2,6,8-15H2,1,3-5H3,(H,31,37)(H,32,36)(H,33,39)/t17-,18?,19-,20?,21+/m1/s1. The summed E-state index contributed by atoms with van der Waals surface area (Å²) in [6, 6.07) is -3.02. The first-order valence-corrected chi connectivity index (χ1v) is 14.9. The topological polar surface area (TPSA) is 134 Å². The van der Waals surface area contributed by atoms with E-state index in [-0.39, 0.29) is 31.3 Å². The van der Waals surface area contributed by atoms with Gasteiger partial charge in [0.05, 0.1) is 6.04 Å². The number of rotatable bonds is 11. The Hall–Kier alpha value is -2.33. The monoisotopic (exact) mass is 600 g/mol. The zero-order valence-corrected chi connectivity index (χ0v) is 25.3. The highest BCUT2D eigenvalue weighted by atomic mass is 35.5. The van der Waals surface area contributed by atoms with Crippen molar-refractivity contribution in [2.24, 2.45) is 17.8 Å². The maximum atomic E-state index is 14.1. The lowest BCUT2D eigenvalue weighted by atomic mass is 9.83. The van der Waals surface area contributed by atoms with E-state index in [2.05, 4.69) is 22.5 Å². The van der Waals surface area contributed by atoms with Gasteiger partial charge in [0.2, 0.25) is 17.6 Å². The van der Waals surface area contributed by atoms with Crippen LogP contribution in [0.3, 0.4) is 0 Å². The summed E-state index contributed by atoms with van der Waals surface area (Å²) in [5, 5.41) is 7.91. The number of likely N-dealkylation sites (tertiary alicyclic amines) is 1. The van der Waals surface area contributed by atoms with Crippen molar-refractivity contribution in [2.45, 2.75) is 101 Å². The number of amides is 4. The van der Waals surface area contributed by atoms with Crippen LogP contribution in [0.15, 0.2) is 12.7 Å². The van der Waals surface area contributed by atoms with E-state index in [1.165, 1.54) is 11.0 Å². The van der Waals surface area contributed by atoms with Gasteiger partial charge in [0, 0.05) is 24.9 Å². The molecular formula is C28H42Cl2N4O6. The number of fused-ring (bicyclic) bond motifs is 1. The maximum Gasteiger partial charge on any atom is 0.408 e. The minimum atomic E-state index is -1.19. The van der Waals surface area contributed by atoms with Crippen LogP contribution in [0.1, 0.15) is 72.6 Å². The van der Waals surface area contributed by atoms with Crippen molar-refractivity contribution in [1.82, 2.24) is 20.9 Å². The highest BCUT2D eigenvalue weighted by Crippen LogP contribution is 2.65. The van der Waals surface area contributed by atoms with E-state index in [4.69, 9.17) is 27.9 Å². The molecule has 0 aromatic rings. The van der Waals surface area contributed by atoms with E-state index in [1.54, 1.807) is 20.8 Å². The van der Waals surface area contributed by atoms with E-state index < -0.39 is 63.6 Å². The molecule has 0 bridgehead atoms. The second-order valence-electron chi connectivity index (χ2n) is 12.0. The molecule has 12 heteroatoms. The summed E-state index contributed by atoms with van der Waals surface area (Å²) in [6.07, 6.45) is 5.94. The molecule has 0 spiro atoms. The number of piperidine rings is 1. The number of alkyl carbamates (subject to hydrolysis) is 1. The third-order valence-corrected chi connectivity index (χ3v) is 8.85. The summed E-state index contributed by atoms with van der Waals surface area (Å²) >= 11 is 13.0. The van der Waals surface area contributed by atoms with Gasteiger partial charge in [0.25, 0.3) is 5.91 Å². The van der Waals surface area contributed by atoms with Crippen molar-refractivity contribution in [3.8, 4) is 0 Å². The summed E-state index contributed by atoms with van der Waals surface area (Å²) in [4.78, 5) is 67.1. The number of ether oxygens (including phenoxy) is 1. The predicted molar refractivity (Wildman–Crippen MR) is 152 cm³/mol. The first-order valence-electron chi connectivity index (χ1n) is 14.1. The summed E-state index contributed by atoms with van der Waals surface area (Å²) in [5.74, 6) is -3.61. The van der Waals surface area contributed by atoms with Crippen LogP contribution >= 0.6 is 23.2 Å². The lowest BCUT2D eigenvalue weighted by Crippen LogP contribution is -2.60. The molecule has 1 saturated heterocycles. The van der Waals surface area contributed by atoms with Crippen LogP contribution in [-0.4, -0.2) is 75.6 Å². The van der Waals surface area contributed by atoms with E-state index in [9.17, 15) is 24.0 Å². The molecule has 2 saturated carbocycles. The van der Waals surface area contributed by atoms with Crippen molar-refractivity contribution in [1.29, 1.82) is 0 Å². The molecule has 5 atom stereocenters. The number of hydrogen-bond acceptors (Lipinski definition) is 6. The molecule has 1 heterocycles. The van der Waals surface area contributed by atoms with Gasteiger partial charge in [-0.15, -0.1) is 29.8 Å². The van der Waals surface area contributed by atoms with Crippen molar-refractivity contribution in [2.75, 3.05) is 13.1 Å². The number of nitrogens with one attached hydrogen (secondary N) is 3. The lowest BCUT2D eigenvalue weighted by Gasteiger charge is -2.36. The number of Topliss-reactive ketones (excluding diaryl/α,β-unsaturated/α-hetero) is 1. The zero-order chi connectivity index (χ0) is 29.8. The third kappa shape index (κ3) is 7.49. The maximum absolute atomic E-state index is 14.1. The van der Waals surface area contributed by atoms with Crippen molar-refractivity contribution < 1.29 is 28.7 Å². The smallest absolute Gasteiger partial charge is 0.408 e. The number of carbonyl (C=O) groups is 5. The minimum absolute atomic E-state index is 0.111. The van der Waals surface area contributed by atoms with Crippen LogP contribution < -0.4 is 16.0 Å². The molecule has 0 radical (unpaired) electrons. The van der Waals surface area contributed by atoms with E-state index in [0.717, 1.165) is 32.1 Å². The van der Waals surface area contributed by atoms with Crippen LogP contribution in [0, 0.1) is 17.8 Å². The number of hydrogen-bond donors (Lipinski definition) is 3. The van der Waals surface area contributed by atoms with E-state index in [1.807, 2.05) is 6.92 Å². The molecule has 40 heavy (non-hydrogen) atoms. The Balaban J connectivity index is 1.83. The normalized spacial score (nSPS) is 25.1. The molecule has 10 nitrogen and oxygen atoms in total. The Bertz CT molecular complexity index is 1010. The molecule has 2 unspecified atom stereocenters. The largest absolute Gasteiger partial charge is 0.444 e. The highest BCUT2D eigenvalue weighted by Gasteiger charge is 2.74. The van der Waals surface area contributed by atoms with E-state index in [0.29, 0.717) is 6.42 Å². The second kappa shape index (κ2) is 13.1. The Kier molecular flexibility index (Phi) is 10.5. The zero-order valence-electron chi connectivity index (χ0n) is 23.8. The van der Waals surface area contributed by atoms with Crippen molar-refractivity contribution in [3.05, 3.63) is 12.7 Å². The van der Waals surface area contributed by atoms with Gasteiger partial charge in [-0.05, 0) is 46.0 Å². The third-order valence-electron chi connectivity index (χ3n) is 7.78. The van der Waals surface area contributed by atoms with Crippen molar-refractivity contribution in [3.63, 3.8) is 0 Å². The quantitative estimate of drug-likeness (QED) is 0.189. The molecular weight excluding hydrogens is 559 g/mol. The lowest BCUT2D eigenvalue weighted by molar-refractivity contribution is -0.144. The molecule has 0 aromatic carbocycles. The first kappa shape index (κ1) is 32.2. The average Bonchev–Trinajstić information content (AvgIpc) is 3.21. The van der Waals surface area contributed by atoms with Crippen LogP contribution in [-0.2, 0) is 23.9 Å². The van der Waals surface area contributed by atoms with Crippen LogP contribution in [0.4, 0.5) is 4.79 Å². The molecule has 1 aliphatic heterocycles. The average molecular weight is 602 g/mol. The number of nitrogens with zero attached hydrogens (tertiary/aromatic N) is 1.